The number of carbonyl (C=O) groups excluding carboxylic acids is 2. The van der Waals surface area contributed by atoms with E-state index in [4.69, 9.17) is 24.7 Å². The van der Waals surface area contributed by atoms with Gasteiger partial charge in [-0.1, -0.05) is 98.9 Å². The van der Waals surface area contributed by atoms with Gasteiger partial charge in [-0.25, -0.2) is 10.2 Å². The zero-order valence-corrected chi connectivity index (χ0v) is 42.5. The van der Waals surface area contributed by atoms with Gasteiger partial charge in [0.2, 0.25) is 0 Å². The molecule has 410 valence electrons. The van der Waals surface area contributed by atoms with Crippen LogP contribution in [0.1, 0.15) is 79.1 Å². The Labute approximate surface area is 424 Å². The first-order chi connectivity index (χ1) is 34.0. The molecular formula is C51H85N5O16. The first-order valence-corrected chi connectivity index (χ1v) is 24.9. The van der Waals surface area contributed by atoms with Crippen molar-refractivity contribution in [2.75, 3.05) is 27.2 Å². The molecule has 0 aromatic heterocycles. The van der Waals surface area contributed by atoms with Gasteiger partial charge in [-0.05, 0) is 47.2 Å². The van der Waals surface area contributed by atoms with E-state index in [9.17, 15) is 60.7 Å². The Morgan fingerprint density at radius 1 is 0.722 bits per heavy atom. The van der Waals surface area contributed by atoms with Crippen LogP contribution >= 0.6 is 0 Å². The van der Waals surface area contributed by atoms with Crippen LogP contribution in [0.2, 0.25) is 0 Å². The van der Waals surface area contributed by atoms with Crippen molar-refractivity contribution in [3.63, 3.8) is 0 Å². The Morgan fingerprint density at radius 2 is 1.32 bits per heavy atom. The standard InChI is InChI=1S/C51H85N5O16/c1-31-19-17-15-13-11-9-7-8-10-12-14-16-18-20-38(71-49-48(66)44(52)47(65)34(4)70-49)28-42-45(54-50(67)55-53-23-24-56(5)6)41(62)30-51(68,72-42)29-37(59)26-40(61)39(60)22-21-35(57)25-36(58)27-43(63)69-33(3)32(2)46(31)64/h7-20,31-42,44-49,53,57-62,64-66,68H,21-30,52H2,1-6H3,(H2,54,55,67). The van der Waals surface area contributed by atoms with Crippen molar-refractivity contribution in [2.24, 2.45) is 17.6 Å². The van der Waals surface area contributed by atoms with Crippen molar-refractivity contribution in [3.8, 4) is 0 Å². The highest BCUT2D eigenvalue weighted by Gasteiger charge is 2.49. The SMILES string of the molecule is CC1C=CC=CC=CC=CC=CC=CC=CC(OC2OC(C)C(O)C(N)C2O)CC2OC(O)(CC(O)CC(O)C(O)CCC(O)CC(O)CC(=O)OC(C)C(C)C1O)CC(O)C2NC(=O)NNCCN(C)C. The van der Waals surface area contributed by atoms with E-state index in [1.807, 2.05) is 62.4 Å². The van der Waals surface area contributed by atoms with Gasteiger partial charge in [-0.15, -0.1) is 0 Å². The number of aliphatic hydroxyl groups excluding tert-OH is 9. The molecule has 0 saturated carbocycles. The summed E-state index contributed by atoms with van der Waals surface area (Å²) in [6.07, 6.45) is 4.86. The second-order valence-electron chi connectivity index (χ2n) is 19.6. The minimum absolute atomic E-state index is 0.0966. The molecule has 0 aromatic rings. The van der Waals surface area contributed by atoms with Crippen molar-refractivity contribution in [1.82, 2.24) is 21.1 Å². The van der Waals surface area contributed by atoms with Crippen LogP contribution in [-0.4, -0.2) is 199 Å². The summed E-state index contributed by atoms with van der Waals surface area (Å²) >= 11 is 0. The zero-order chi connectivity index (χ0) is 53.5. The molecule has 2 saturated heterocycles. The molecule has 3 rings (SSSR count). The van der Waals surface area contributed by atoms with E-state index in [0.717, 1.165) is 0 Å². The Morgan fingerprint density at radius 3 is 1.93 bits per heavy atom. The van der Waals surface area contributed by atoms with E-state index in [1.54, 1.807) is 69.4 Å². The molecule has 15 N–H and O–H groups in total. The summed E-state index contributed by atoms with van der Waals surface area (Å²) in [6.45, 7) is 7.77. The van der Waals surface area contributed by atoms with E-state index < -0.39 is 147 Å². The molecule has 21 nitrogen and oxygen atoms in total. The monoisotopic (exact) mass is 1020 g/mol. The fourth-order valence-corrected chi connectivity index (χ4v) is 8.44. The molecule has 3 aliphatic rings. The molecule has 2 fully saturated rings. The number of allylic oxidation sites excluding steroid dienone is 12. The maximum atomic E-state index is 13.2. The zero-order valence-electron chi connectivity index (χ0n) is 42.5. The molecular weight excluding hydrogens is 939 g/mol. The normalized spacial score (nSPS) is 39.1. The number of amides is 2. The first-order valence-electron chi connectivity index (χ1n) is 24.9. The number of nitrogens with zero attached hydrogens (tertiary/aromatic N) is 1. The summed E-state index contributed by atoms with van der Waals surface area (Å²) in [7, 11) is 3.72. The number of cyclic esters (lactones) is 1. The fraction of sp³-hybridized carbons (Fsp3) is 0.686. The van der Waals surface area contributed by atoms with Gasteiger partial charge >= 0.3 is 12.0 Å². The molecule has 0 aromatic carbocycles. The van der Waals surface area contributed by atoms with Crippen LogP contribution in [-0.2, 0) is 23.7 Å². The maximum Gasteiger partial charge on any atom is 0.329 e. The highest BCUT2D eigenvalue weighted by molar-refractivity contribution is 5.73. The van der Waals surface area contributed by atoms with Crippen LogP contribution in [0.15, 0.2) is 85.1 Å². The predicted octanol–water partition coefficient (Wildman–Crippen LogP) is -0.255. The molecule has 3 aliphatic heterocycles. The number of rotatable bonds is 7. The van der Waals surface area contributed by atoms with Gasteiger partial charge in [0.1, 0.15) is 12.2 Å². The lowest BCUT2D eigenvalue weighted by atomic mass is 9.87. The lowest BCUT2D eigenvalue weighted by molar-refractivity contribution is -0.303. The number of esters is 1. The van der Waals surface area contributed by atoms with Gasteiger partial charge in [-0.3, -0.25) is 10.2 Å². The average molecular weight is 1020 g/mol. The van der Waals surface area contributed by atoms with E-state index >= 15 is 0 Å². The number of nitrogens with two attached hydrogens (primary N) is 1. The van der Waals surface area contributed by atoms with Crippen molar-refractivity contribution >= 4 is 12.0 Å². The summed E-state index contributed by atoms with van der Waals surface area (Å²) in [5.41, 5.74) is 11.4. The van der Waals surface area contributed by atoms with Crippen LogP contribution in [0.25, 0.3) is 0 Å². The quantitative estimate of drug-likeness (QED) is 0.0888. The number of urea groups is 1. The second-order valence-corrected chi connectivity index (χ2v) is 19.6. The maximum absolute atomic E-state index is 13.2. The van der Waals surface area contributed by atoms with Crippen molar-refractivity contribution in [3.05, 3.63) is 85.1 Å². The highest BCUT2D eigenvalue weighted by atomic mass is 16.7. The summed E-state index contributed by atoms with van der Waals surface area (Å²) in [4.78, 5) is 27.7. The van der Waals surface area contributed by atoms with Crippen LogP contribution < -0.4 is 21.9 Å². The van der Waals surface area contributed by atoms with E-state index in [1.165, 1.54) is 0 Å². The highest BCUT2D eigenvalue weighted by Crippen LogP contribution is 2.35. The minimum Gasteiger partial charge on any atom is -0.462 e. The Balaban J connectivity index is 1.92. The van der Waals surface area contributed by atoms with Gasteiger partial charge in [0.05, 0.1) is 85.6 Å². The number of nitrogens with one attached hydrogen (secondary N) is 3. The van der Waals surface area contributed by atoms with Crippen LogP contribution in [0.3, 0.4) is 0 Å². The third-order valence-electron chi connectivity index (χ3n) is 12.9. The molecule has 3 heterocycles. The molecule has 0 radical (unpaired) electrons. The van der Waals surface area contributed by atoms with Crippen LogP contribution in [0, 0.1) is 11.8 Å². The average Bonchev–Trinajstić information content (AvgIpc) is 3.30. The number of hydrogen-bond donors (Lipinski definition) is 14. The summed E-state index contributed by atoms with van der Waals surface area (Å²) in [5, 5.41) is 113. The molecule has 19 unspecified atom stereocenters. The molecule has 21 heteroatoms. The predicted molar refractivity (Wildman–Crippen MR) is 268 cm³/mol. The fourth-order valence-electron chi connectivity index (χ4n) is 8.44. The third-order valence-corrected chi connectivity index (χ3v) is 12.9. The van der Waals surface area contributed by atoms with E-state index in [2.05, 4.69) is 16.2 Å². The minimum atomic E-state index is -2.26. The topological polar surface area (TPSA) is 339 Å². The molecule has 2 bridgehead atoms. The third kappa shape index (κ3) is 22.4. The van der Waals surface area contributed by atoms with Crippen molar-refractivity contribution < 1.29 is 79.6 Å². The molecule has 2 amide bonds. The summed E-state index contributed by atoms with van der Waals surface area (Å²) in [6, 6.07) is -3.06. The molecule has 0 spiro atoms. The van der Waals surface area contributed by atoms with E-state index in [0.29, 0.717) is 13.1 Å². The number of carbonyl (C=O) groups is 2. The van der Waals surface area contributed by atoms with Gasteiger partial charge in [0.25, 0.3) is 0 Å². The number of ether oxygens (including phenoxy) is 4. The lowest BCUT2D eigenvalue weighted by Gasteiger charge is -2.46. The van der Waals surface area contributed by atoms with Gasteiger partial charge in [0, 0.05) is 50.6 Å². The van der Waals surface area contributed by atoms with Crippen molar-refractivity contribution in [1.29, 1.82) is 0 Å². The number of hydrogen-bond acceptors (Lipinski definition) is 19. The summed E-state index contributed by atoms with van der Waals surface area (Å²) < 4.78 is 23.8. The largest absolute Gasteiger partial charge is 0.462 e. The van der Waals surface area contributed by atoms with Gasteiger partial charge < -0.3 is 86.0 Å². The number of fused-ring (bicyclic) bond motifs is 2. The van der Waals surface area contributed by atoms with Crippen LogP contribution in [0.4, 0.5) is 4.79 Å². The van der Waals surface area contributed by atoms with Crippen LogP contribution in [0.5, 0.6) is 0 Å². The lowest BCUT2D eigenvalue weighted by Crippen LogP contribution is -2.64. The molecule has 19 atom stereocenters. The Hall–Kier alpha value is -3.72. The van der Waals surface area contributed by atoms with Crippen molar-refractivity contribution in [2.45, 2.75) is 183 Å². The second kappa shape index (κ2) is 31.9. The molecule has 0 aliphatic carbocycles. The Bertz CT molecular complexity index is 1820. The van der Waals surface area contributed by atoms with Gasteiger partial charge in [0.15, 0.2) is 12.1 Å². The smallest absolute Gasteiger partial charge is 0.329 e. The van der Waals surface area contributed by atoms with E-state index in [-0.39, 0.29) is 31.6 Å². The summed E-state index contributed by atoms with van der Waals surface area (Å²) in [5.74, 6) is -3.72. The number of aliphatic hydroxyl groups is 10. The molecule has 72 heavy (non-hydrogen) atoms. The number of hydrazine groups is 1. The number of likely N-dealkylation sites (N-methyl/N-ethyl adjacent to an activating group) is 1. The Kier molecular flexibility index (Phi) is 27.7. The first kappa shape index (κ1) is 62.6. The van der Waals surface area contributed by atoms with Gasteiger partial charge in [-0.2, -0.15) is 0 Å².